The van der Waals surface area contributed by atoms with Crippen LogP contribution >= 0.6 is 11.6 Å². The van der Waals surface area contributed by atoms with Crippen molar-refractivity contribution in [2.75, 3.05) is 28.6 Å². The Labute approximate surface area is 170 Å². The summed E-state index contributed by atoms with van der Waals surface area (Å²) >= 11 is 5.98. The number of benzene rings is 2. The molecule has 1 saturated heterocycles. The Balaban J connectivity index is 1.61. The molecule has 0 atom stereocenters. The minimum Gasteiger partial charge on any atom is -0.341 e. The Kier molecular flexibility index (Phi) is 5.58. The Bertz CT molecular complexity index is 921. The van der Waals surface area contributed by atoms with Crippen molar-refractivity contribution < 1.29 is 0 Å². The highest BCUT2D eigenvalue weighted by Crippen LogP contribution is 2.23. The van der Waals surface area contributed by atoms with Gasteiger partial charge in [0.25, 0.3) is 0 Å². The van der Waals surface area contributed by atoms with Gasteiger partial charge in [-0.15, -0.1) is 0 Å². The molecule has 0 spiro atoms. The third-order valence-electron chi connectivity index (χ3n) is 4.73. The zero-order chi connectivity index (χ0) is 19.3. The topological polar surface area (TPSA) is 66.0 Å². The molecule has 1 aliphatic heterocycles. The van der Waals surface area contributed by atoms with Crippen LogP contribution in [-0.4, -0.2) is 28.0 Å². The predicted molar refractivity (Wildman–Crippen MR) is 115 cm³/mol. The molecule has 28 heavy (non-hydrogen) atoms. The van der Waals surface area contributed by atoms with Crippen LogP contribution < -0.4 is 15.5 Å². The summed E-state index contributed by atoms with van der Waals surface area (Å²) in [4.78, 5) is 16.0. The molecule has 2 aromatic carbocycles. The molecule has 7 heteroatoms. The molecule has 0 amide bonds. The van der Waals surface area contributed by atoms with Gasteiger partial charge in [0.05, 0.1) is 0 Å². The fourth-order valence-electron chi connectivity index (χ4n) is 3.15. The molecule has 4 rings (SSSR count). The first-order valence-corrected chi connectivity index (χ1v) is 9.97. The van der Waals surface area contributed by atoms with Gasteiger partial charge in [0.1, 0.15) is 0 Å². The van der Waals surface area contributed by atoms with Crippen molar-refractivity contribution in [3.05, 3.63) is 59.1 Å². The third-order valence-corrected chi connectivity index (χ3v) is 4.98. The molecule has 3 aromatic rings. The lowest BCUT2D eigenvalue weighted by molar-refractivity contribution is 0.886. The van der Waals surface area contributed by atoms with E-state index in [0.29, 0.717) is 22.9 Å². The van der Waals surface area contributed by atoms with Crippen molar-refractivity contribution in [2.45, 2.75) is 26.2 Å². The summed E-state index contributed by atoms with van der Waals surface area (Å²) in [5.74, 6) is 1.72. The lowest BCUT2D eigenvalue weighted by Crippen LogP contribution is -2.21. The van der Waals surface area contributed by atoms with Crippen LogP contribution in [0, 0.1) is 0 Å². The smallest absolute Gasteiger partial charge is 0.233 e. The highest BCUT2D eigenvalue weighted by atomic mass is 35.5. The van der Waals surface area contributed by atoms with Gasteiger partial charge in [-0.05, 0) is 61.2 Å². The Morgan fingerprint density at radius 2 is 1.36 bits per heavy atom. The molecule has 0 bridgehead atoms. The summed E-state index contributed by atoms with van der Waals surface area (Å²) in [7, 11) is 0. The lowest BCUT2D eigenvalue weighted by Gasteiger charge is -2.17. The molecule has 0 saturated carbocycles. The summed E-state index contributed by atoms with van der Waals surface area (Å²) in [6.45, 7) is 4.08. The summed E-state index contributed by atoms with van der Waals surface area (Å²) in [6, 6.07) is 15.8. The van der Waals surface area contributed by atoms with Crippen molar-refractivity contribution in [2.24, 2.45) is 0 Å². The second-order valence-electron chi connectivity index (χ2n) is 6.78. The molecular formula is C21H23ClN6. The molecule has 6 nitrogen and oxygen atoms in total. The SMILES string of the molecule is CCc1ccc(Nc2nc(Nc3ccc(Cl)cc3)nc(N3CCCC3)n2)cc1. The Hall–Kier alpha value is -2.86. The average molecular weight is 395 g/mol. The van der Waals surface area contributed by atoms with Crippen LogP contribution in [0.4, 0.5) is 29.2 Å². The first-order valence-electron chi connectivity index (χ1n) is 9.59. The predicted octanol–water partition coefficient (Wildman–Crippen LogP) is 5.17. The van der Waals surface area contributed by atoms with Gasteiger partial charge in [-0.25, -0.2) is 0 Å². The minimum atomic E-state index is 0.506. The van der Waals surface area contributed by atoms with Gasteiger partial charge in [-0.3, -0.25) is 0 Å². The number of nitrogens with one attached hydrogen (secondary N) is 2. The fourth-order valence-corrected chi connectivity index (χ4v) is 3.28. The van der Waals surface area contributed by atoms with Gasteiger partial charge in [-0.1, -0.05) is 30.7 Å². The normalized spacial score (nSPS) is 13.6. The number of aromatic nitrogens is 3. The van der Waals surface area contributed by atoms with E-state index in [1.54, 1.807) is 0 Å². The largest absolute Gasteiger partial charge is 0.341 e. The van der Waals surface area contributed by atoms with Crippen molar-refractivity contribution in [1.29, 1.82) is 0 Å². The Morgan fingerprint density at radius 3 is 1.89 bits per heavy atom. The van der Waals surface area contributed by atoms with E-state index >= 15 is 0 Å². The van der Waals surface area contributed by atoms with Gasteiger partial charge in [-0.2, -0.15) is 15.0 Å². The van der Waals surface area contributed by atoms with Crippen molar-refractivity contribution in [3.63, 3.8) is 0 Å². The Morgan fingerprint density at radius 1 is 0.821 bits per heavy atom. The summed E-state index contributed by atoms with van der Waals surface area (Å²) < 4.78 is 0. The van der Waals surface area contributed by atoms with Gasteiger partial charge < -0.3 is 15.5 Å². The lowest BCUT2D eigenvalue weighted by atomic mass is 10.1. The summed E-state index contributed by atoms with van der Waals surface area (Å²) in [5, 5.41) is 7.25. The minimum absolute atomic E-state index is 0.506. The third kappa shape index (κ3) is 4.51. The molecule has 0 aliphatic carbocycles. The number of hydrogen-bond acceptors (Lipinski definition) is 6. The fraction of sp³-hybridized carbons (Fsp3) is 0.286. The van der Waals surface area contributed by atoms with E-state index in [0.717, 1.165) is 43.7 Å². The van der Waals surface area contributed by atoms with Crippen LogP contribution in [0.15, 0.2) is 48.5 Å². The van der Waals surface area contributed by atoms with Crippen LogP contribution in [0.3, 0.4) is 0 Å². The van der Waals surface area contributed by atoms with Gasteiger partial charge in [0.15, 0.2) is 0 Å². The average Bonchev–Trinajstić information content (AvgIpc) is 3.25. The van der Waals surface area contributed by atoms with Gasteiger partial charge in [0.2, 0.25) is 17.8 Å². The zero-order valence-corrected chi connectivity index (χ0v) is 16.6. The van der Waals surface area contributed by atoms with E-state index in [-0.39, 0.29) is 0 Å². The van der Waals surface area contributed by atoms with Crippen LogP contribution in [0.1, 0.15) is 25.3 Å². The monoisotopic (exact) mass is 394 g/mol. The summed E-state index contributed by atoms with van der Waals surface area (Å²) in [5.41, 5.74) is 3.12. The molecule has 1 aromatic heterocycles. The second kappa shape index (κ2) is 8.44. The maximum absolute atomic E-state index is 5.98. The van der Waals surface area contributed by atoms with E-state index in [9.17, 15) is 0 Å². The molecule has 1 aliphatic rings. The summed E-state index contributed by atoms with van der Waals surface area (Å²) in [6.07, 6.45) is 3.33. The molecule has 2 N–H and O–H groups in total. The number of nitrogens with zero attached hydrogens (tertiary/aromatic N) is 4. The number of anilines is 5. The van der Waals surface area contributed by atoms with E-state index < -0.39 is 0 Å². The highest BCUT2D eigenvalue weighted by Gasteiger charge is 2.17. The molecule has 2 heterocycles. The van der Waals surface area contributed by atoms with Crippen molar-refractivity contribution >= 4 is 40.8 Å². The molecule has 1 fully saturated rings. The number of halogens is 1. The zero-order valence-electron chi connectivity index (χ0n) is 15.8. The van der Waals surface area contributed by atoms with E-state index in [4.69, 9.17) is 11.6 Å². The maximum atomic E-state index is 5.98. The second-order valence-corrected chi connectivity index (χ2v) is 7.22. The van der Waals surface area contributed by atoms with Gasteiger partial charge in [0, 0.05) is 29.5 Å². The first kappa shape index (κ1) is 18.5. The maximum Gasteiger partial charge on any atom is 0.233 e. The molecule has 144 valence electrons. The van der Waals surface area contributed by atoms with E-state index in [1.807, 2.05) is 36.4 Å². The van der Waals surface area contributed by atoms with Crippen molar-refractivity contribution in [3.8, 4) is 0 Å². The van der Waals surface area contributed by atoms with Crippen LogP contribution in [0.25, 0.3) is 0 Å². The van der Waals surface area contributed by atoms with Gasteiger partial charge >= 0.3 is 0 Å². The van der Waals surface area contributed by atoms with Crippen LogP contribution in [0.5, 0.6) is 0 Å². The molecule has 0 radical (unpaired) electrons. The van der Waals surface area contributed by atoms with E-state index in [2.05, 4.69) is 49.5 Å². The van der Waals surface area contributed by atoms with E-state index in [1.165, 1.54) is 5.56 Å². The molecule has 0 unspecified atom stereocenters. The number of rotatable bonds is 6. The quantitative estimate of drug-likeness (QED) is 0.600. The van der Waals surface area contributed by atoms with Crippen LogP contribution in [0.2, 0.25) is 5.02 Å². The number of hydrogen-bond donors (Lipinski definition) is 2. The standard InChI is InChI=1S/C21H23ClN6/c1-2-15-5-9-17(10-6-15)23-19-25-20(24-18-11-7-16(22)8-12-18)27-21(26-19)28-13-3-4-14-28/h5-12H,2-4,13-14H2,1H3,(H2,23,24,25,26,27). The molecular weight excluding hydrogens is 372 g/mol. The van der Waals surface area contributed by atoms with Crippen molar-refractivity contribution in [1.82, 2.24) is 15.0 Å². The number of aryl methyl sites for hydroxylation is 1. The van der Waals surface area contributed by atoms with Crippen LogP contribution in [-0.2, 0) is 6.42 Å². The first-order chi connectivity index (χ1) is 13.7. The highest BCUT2D eigenvalue weighted by molar-refractivity contribution is 6.30.